The van der Waals surface area contributed by atoms with E-state index >= 15 is 0 Å². The molecule has 0 radical (unpaired) electrons. The molecule has 0 aromatic heterocycles. The van der Waals surface area contributed by atoms with Crippen molar-refractivity contribution < 1.29 is 9.84 Å². The Bertz CT molecular complexity index is 283. The summed E-state index contributed by atoms with van der Waals surface area (Å²) < 4.78 is 5.53. The lowest BCUT2D eigenvalue weighted by Gasteiger charge is -2.37. The van der Waals surface area contributed by atoms with E-state index in [-0.39, 0.29) is 12.7 Å². The summed E-state index contributed by atoms with van der Waals surface area (Å²) in [5.41, 5.74) is 0.406. The minimum atomic E-state index is 0.0146. The average molecular weight is 270 g/mol. The van der Waals surface area contributed by atoms with Gasteiger partial charge in [0.15, 0.2) is 0 Å². The van der Waals surface area contributed by atoms with Crippen molar-refractivity contribution in [2.75, 3.05) is 39.4 Å². The number of aliphatic hydroxyl groups is 1. The van der Waals surface area contributed by atoms with Crippen molar-refractivity contribution in [1.29, 1.82) is 0 Å². The number of morpholine rings is 1. The Hall–Kier alpha value is -0.160. The molecule has 2 aliphatic rings. The van der Waals surface area contributed by atoms with Crippen LogP contribution in [0, 0.1) is 11.3 Å². The Morgan fingerprint density at radius 1 is 1.42 bits per heavy atom. The van der Waals surface area contributed by atoms with Gasteiger partial charge in [-0.3, -0.25) is 4.90 Å². The Kier molecular flexibility index (Phi) is 5.23. The second-order valence-electron chi connectivity index (χ2n) is 6.76. The van der Waals surface area contributed by atoms with Crippen LogP contribution in [0.5, 0.6) is 0 Å². The van der Waals surface area contributed by atoms with Crippen molar-refractivity contribution in [3.63, 3.8) is 0 Å². The molecule has 1 aliphatic carbocycles. The summed E-state index contributed by atoms with van der Waals surface area (Å²) >= 11 is 0. The van der Waals surface area contributed by atoms with E-state index in [4.69, 9.17) is 4.74 Å². The first-order valence-corrected chi connectivity index (χ1v) is 7.75. The molecule has 1 aliphatic heterocycles. The molecule has 3 atom stereocenters. The van der Waals surface area contributed by atoms with Crippen molar-refractivity contribution in [1.82, 2.24) is 10.2 Å². The summed E-state index contributed by atoms with van der Waals surface area (Å²) in [6.07, 6.45) is 2.63. The Labute approximate surface area is 117 Å². The average Bonchev–Trinajstić information content (AvgIpc) is 2.67. The highest BCUT2D eigenvalue weighted by atomic mass is 16.5. The standard InChI is InChI=1S/C15H30N2O2/c1-4-16-14-12(5-6-15(14,2)3)9-17-7-8-19-13(10-17)11-18/h12-14,16,18H,4-11H2,1-3H3. The first kappa shape index (κ1) is 15.2. The highest BCUT2D eigenvalue weighted by Crippen LogP contribution is 2.41. The van der Waals surface area contributed by atoms with E-state index in [1.807, 2.05) is 0 Å². The maximum absolute atomic E-state index is 9.22. The SMILES string of the molecule is CCNC1C(CN2CCOC(CO)C2)CCC1(C)C. The third-order valence-corrected chi connectivity index (χ3v) is 4.82. The monoisotopic (exact) mass is 270 g/mol. The molecular formula is C15H30N2O2. The van der Waals surface area contributed by atoms with Crippen LogP contribution in [0.25, 0.3) is 0 Å². The Morgan fingerprint density at radius 3 is 2.89 bits per heavy atom. The topological polar surface area (TPSA) is 44.7 Å². The van der Waals surface area contributed by atoms with E-state index in [1.165, 1.54) is 12.8 Å². The fourth-order valence-corrected chi connectivity index (χ4v) is 3.77. The van der Waals surface area contributed by atoms with Crippen LogP contribution >= 0.6 is 0 Å². The Morgan fingerprint density at radius 2 is 2.21 bits per heavy atom. The van der Waals surface area contributed by atoms with Gasteiger partial charge in [0.2, 0.25) is 0 Å². The fourth-order valence-electron chi connectivity index (χ4n) is 3.77. The molecule has 112 valence electrons. The van der Waals surface area contributed by atoms with Gasteiger partial charge in [-0.1, -0.05) is 20.8 Å². The molecule has 1 saturated carbocycles. The van der Waals surface area contributed by atoms with E-state index in [9.17, 15) is 5.11 Å². The third kappa shape index (κ3) is 3.69. The summed E-state index contributed by atoms with van der Waals surface area (Å²) in [4.78, 5) is 2.47. The molecule has 0 spiro atoms. The molecular weight excluding hydrogens is 240 g/mol. The highest BCUT2D eigenvalue weighted by Gasteiger charge is 2.42. The van der Waals surface area contributed by atoms with Crippen LogP contribution in [0.1, 0.15) is 33.6 Å². The van der Waals surface area contributed by atoms with Crippen LogP contribution in [0.3, 0.4) is 0 Å². The molecule has 0 amide bonds. The van der Waals surface area contributed by atoms with Crippen molar-refractivity contribution in [3.05, 3.63) is 0 Å². The van der Waals surface area contributed by atoms with Gasteiger partial charge in [-0.25, -0.2) is 0 Å². The third-order valence-electron chi connectivity index (χ3n) is 4.82. The molecule has 4 nitrogen and oxygen atoms in total. The van der Waals surface area contributed by atoms with Crippen LogP contribution in [-0.2, 0) is 4.74 Å². The van der Waals surface area contributed by atoms with Gasteiger partial charge in [0.1, 0.15) is 0 Å². The molecule has 1 saturated heterocycles. The minimum Gasteiger partial charge on any atom is -0.394 e. The molecule has 1 heterocycles. The van der Waals surface area contributed by atoms with E-state index in [0.717, 1.165) is 38.7 Å². The number of aliphatic hydroxyl groups excluding tert-OH is 1. The van der Waals surface area contributed by atoms with E-state index in [2.05, 4.69) is 31.0 Å². The summed E-state index contributed by atoms with van der Waals surface area (Å²) in [6.45, 7) is 11.9. The van der Waals surface area contributed by atoms with Crippen LogP contribution in [0.15, 0.2) is 0 Å². The second-order valence-corrected chi connectivity index (χ2v) is 6.76. The molecule has 0 aromatic carbocycles. The van der Waals surface area contributed by atoms with E-state index in [0.29, 0.717) is 11.5 Å². The summed E-state index contributed by atoms with van der Waals surface area (Å²) in [6, 6.07) is 0.618. The van der Waals surface area contributed by atoms with Gasteiger partial charge in [-0.05, 0) is 30.7 Å². The van der Waals surface area contributed by atoms with Crippen LogP contribution in [-0.4, -0.2) is 61.5 Å². The number of hydrogen-bond donors (Lipinski definition) is 2. The predicted octanol–water partition coefficient (Wildman–Crippen LogP) is 1.09. The zero-order chi connectivity index (χ0) is 13.9. The first-order chi connectivity index (χ1) is 9.06. The molecule has 19 heavy (non-hydrogen) atoms. The van der Waals surface area contributed by atoms with Gasteiger partial charge in [0, 0.05) is 25.7 Å². The smallest absolute Gasteiger partial charge is 0.0932 e. The van der Waals surface area contributed by atoms with Crippen LogP contribution in [0.4, 0.5) is 0 Å². The normalized spacial score (nSPS) is 35.7. The molecule has 3 unspecified atom stereocenters. The van der Waals surface area contributed by atoms with Gasteiger partial charge in [-0.2, -0.15) is 0 Å². The Balaban J connectivity index is 1.90. The van der Waals surface area contributed by atoms with Gasteiger partial charge < -0.3 is 15.2 Å². The fraction of sp³-hybridized carbons (Fsp3) is 1.00. The lowest BCUT2D eigenvalue weighted by molar-refractivity contribution is -0.0571. The van der Waals surface area contributed by atoms with Gasteiger partial charge in [0.25, 0.3) is 0 Å². The lowest BCUT2D eigenvalue weighted by Crippen LogP contribution is -2.50. The van der Waals surface area contributed by atoms with Crippen molar-refractivity contribution in [2.45, 2.75) is 45.8 Å². The van der Waals surface area contributed by atoms with Gasteiger partial charge in [-0.15, -0.1) is 0 Å². The summed E-state index contributed by atoms with van der Waals surface area (Å²) in [5, 5.41) is 12.9. The molecule has 2 N–H and O–H groups in total. The zero-order valence-corrected chi connectivity index (χ0v) is 12.7. The van der Waals surface area contributed by atoms with Crippen molar-refractivity contribution in [3.8, 4) is 0 Å². The molecule has 0 aromatic rings. The minimum absolute atomic E-state index is 0.0146. The molecule has 4 heteroatoms. The predicted molar refractivity (Wildman–Crippen MR) is 77.2 cm³/mol. The summed E-state index contributed by atoms with van der Waals surface area (Å²) in [7, 11) is 0. The largest absolute Gasteiger partial charge is 0.394 e. The number of nitrogens with one attached hydrogen (secondary N) is 1. The molecule has 0 bridgehead atoms. The maximum atomic E-state index is 9.22. The van der Waals surface area contributed by atoms with Crippen LogP contribution in [0.2, 0.25) is 0 Å². The number of hydrogen-bond acceptors (Lipinski definition) is 4. The number of nitrogens with zero attached hydrogens (tertiary/aromatic N) is 1. The van der Waals surface area contributed by atoms with E-state index in [1.54, 1.807) is 0 Å². The number of rotatable bonds is 5. The molecule has 2 fully saturated rings. The maximum Gasteiger partial charge on any atom is 0.0932 e. The van der Waals surface area contributed by atoms with Crippen molar-refractivity contribution >= 4 is 0 Å². The quantitative estimate of drug-likeness (QED) is 0.785. The lowest BCUT2D eigenvalue weighted by atomic mass is 9.84. The summed E-state index contributed by atoms with van der Waals surface area (Å²) in [5.74, 6) is 0.729. The van der Waals surface area contributed by atoms with Crippen LogP contribution < -0.4 is 5.32 Å². The van der Waals surface area contributed by atoms with Crippen molar-refractivity contribution in [2.24, 2.45) is 11.3 Å². The number of ether oxygens (including phenoxy) is 1. The first-order valence-electron chi connectivity index (χ1n) is 7.75. The molecule has 2 rings (SSSR count). The van der Waals surface area contributed by atoms with E-state index < -0.39 is 0 Å². The van der Waals surface area contributed by atoms with Gasteiger partial charge in [0.05, 0.1) is 19.3 Å². The van der Waals surface area contributed by atoms with Gasteiger partial charge >= 0.3 is 0 Å². The zero-order valence-electron chi connectivity index (χ0n) is 12.7. The second kappa shape index (κ2) is 6.53. The highest BCUT2D eigenvalue weighted by molar-refractivity contribution is 4.97.